The fraction of sp³-hybridized carbons (Fsp3) is 0.400. The maximum Gasteiger partial charge on any atom is 0.263 e. The number of halogens is 3. The van der Waals surface area contributed by atoms with Crippen molar-refractivity contribution in [1.82, 2.24) is 9.21 Å². The molecule has 0 unspecified atom stereocenters. The Bertz CT molecular complexity index is 984. The van der Waals surface area contributed by atoms with Crippen LogP contribution in [0.2, 0.25) is 5.02 Å². The minimum absolute atomic E-state index is 0.0448. The number of nitrogens with zero attached hydrogens (tertiary/aromatic N) is 2. The van der Waals surface area contributed by atoms with Crippen LogP contribution in [0.3, 0.4) is 0 Å². The van der Waals surface area contributed by atoms with Crippen LogP contribution in [0.25, 0.3) is 0 Å². The molecule has 2 aromatic carbocycles. The van der Waals surface area contributed by atoms with Gasteiger partial charge in [-0.3, -0.25) is 4.90 Å². The average molecular weight is 427 g/mol. The highest BCUT2D eigenvalue weighted by atomic mass is 35.5. The van der Waals surface area contributed by atoms with E-state index in [0.29, 0.717) is 6.54 Å². The highest BCUT2D eigenvalue weighted by Gasteiger charge is 2.50. The minimum atomic E-state index is -4.11. The van der Waals surface area contributed by atoms with Crippen molar-refractivity contribution < 1.29 is 17.2 Å². The van der Waals surface area contributed by atoms with Gasteiger partial charge in [0.05, 0.1) is 11.6 Å². The molecule has 2 aliphatic rings. The van der Waals surface area contributed by atoms with Crippen LogP contribution in [0.5, 0.6) is 0 Å². The molecule has 0 bridgehead atoms. The highest BCUT2D eigenvalue weighted by Crippen LogP contribution is 2.38. The van der Waals surface area contributed by atoms with E-state index < -0.39 is 35.0 Å². The number of alkyl halides is 2. The van der Waals surface area contributed by atoms with Gasteiger partial charge in [-0.25, -0.2) is 17.2 Å². The normalized spacial score (nSPS) is 22.9. The Balaban J connectivity index is 1.58. The molecule has 0 aliphatic carbocycles. The second-order valence-electron chi connectivity index (χ2n) is 7.45. The van der Waals surface area contributed by atoms with Crippen molar-refractivity contribution in [3.8, 4) is 0 Å². The summed E-state index contributed by atoms with van der Waals surface area (Å²) < 4.78 is 55.6. The molecule has 2 aromatic rings. The van der Waals surface area contributed by atoms with E-state index in [9.17, 15) is 17.2 Å². The number of fused-ring (bicyclic) bond motifs is 1. The molecule has 0 spiro atoms. The first-order chi connectivity index (χ1) is 13.3. The van der Waals surface area contributed by atoms with Gasteiger partial charge < -0.3 is 0 Å². The van der Waals surface area contributed by atoms with Gasteiger partial charge in [0.1, 0.15) is 4.90 Å². The molecule has 1 saturated heterocycles. The summed E-state index contributed by atoms with van der Waals surface area (Å²) in [5.74, 6) is -3.05. The molecule has 2 heterocycles. The summed E-state index contributed by atoms with van der Waals surface area (Å²) >= 11 is 6.05. The molecule has 8 heteroatoms. The molecule has 0 radical (unpaired) electrons. The smallest absolute Gasteiger partial charge is 0.263 e. The molecule has 1 atom stereocenters. The second-order valence-corrected chi connectivity index (χ2v) is 9.71. The van der Waals surface area contributed by atoms with E-state index in [1.54, 1.807) is 12.1 Å². The zero-order valence-corrected chi connectivity index (χ0v) is 16.8. The van der Waals surface area contributed by atoms with Gasteiger partial charge in [0, 0.05) is 32.1 Å². The monoisotopic (exact) mass is 426 g/mol. The van der Waals surface area contributed by atoms with E-state index in [4.69, 9.17) is 11.6 Å². The summed E-state index contributed by atoms with van der Waals surface area (Å²) in [6.07, 6.45) is 0.353. The van der Waals surface area contributed by atoms with Gasteiger partial charge in [-0.2, -0.15) is 4.31 Å². The van der Waals surface area contributed by atoms with Crippen molar-refractivity contribution in [2.45, 2.75) is 36.2 Å². The van der Waals surface area contributed by atoms with Gasteiger partial charge in [-0.15, -0.1) is 0 Å². The summed E-state index contributed by atoms with van der Waals surface area (Å²) in [6.45, 7) is 0.820. The summed E-state index contributed by atoms with van der Waals surface area (Å²) in [4.78, 5) is 1.94. The number of sulfonamides is 1. The molecule has 4 rings (SSSR count). The summed E-state index contributed by atoms with van der Waals surface area (Å²) in [7, 11) is -4.11. The fourth-order valence-electron chi connectivity index (χ4n) is 4.09. The standard InChI is InChI=1S/C20H21ClF2N2O2S/c21-18-7-3-4-8-19(18)28(26,27)25-14-20(22,23)11-17(25)13-24-10-9-15-5-1-2-6-16(15)12-24/h1-8,17H,9-14H2/t17-/m0/s1. The van der Waals surface area contributed by atoms with Crippen molar-refractivity contribution in [2.75, 3.05) is 19.6 Å². The minimum Gasteiger partial charge on any atom is -0.297 e. The van der Waals surface area contributed by atoms with Crippen molar-refractivity contribution >= 4 is 21.6 Å². The zero-order chi connectivity index (χ0) is 19.9. The van der Waals surface area contributed by atoms with Crippen LogP contribution in [0.15, 0.2) is 53.4 Å². The third-order valence-corrected chi connectivity index (χ3v) is 7.83. The van der Waals surface area contributed by atoms with Crippen LogP contribution in [0.4, 0.5) is 8.78 Å². The van der Waals surface area contributed by atoms with Crippen LogP contribution in [0.1, 0.15) is 17.5 Å². The van der Waals surface area contributed by atoms with E-state index in [0.717, 1.165) is 17.3 Å². The Kier molecular flexibility index (Phi) is 5.20. The molecule has 2 aliphatic heterocycles. The predicted octanol–water partition coefficient (Wildman–Crippen LogP) is 3.80. The molecule has 0 N–H and O–H groups in total. The number of hydrogen-bond donors (Lipinski definition) is 0. The average Bonchev–Trinajstić information content (AvgIpc) is 2.97. The zero-order valence-electron chi connectivity index (χ0n) is 15.2. The van der Waals surface area contributed by atoms with E-state index in [-0.39, 0.29) is 16.5 Å². The lowest BCUT2D eigenvalue weighted by Gasteiger charge is -2.33. The van der Waals surface area contributed by atoms with Crippen LogP contribution in [-0.4, -0.2) is 49.2 Å². The maximum absolute atomic E-state index is 14.2. The van der Waals surface area contributed by atoms with Crippen LogP contribution < -0.4 is 0 Å². The van der Waals surface area contributed by atoms with E-state index >= 15 is 0 Å². The molecular formula is C20H21ClF2N2O2S. The Morgan fingerprint density at radius 1 is 1.07 bits per heavy atom. The highest BCUT2D eigenvalue weighted by molar-refractivity contribution is 7.89. The summed E-state index contributed by atoms with van der Waals surface area (Å²) in [5, 5.41) is 0.0448. The molecular weight excluding hydrogens is 406 g/mol. The second kappa shape index (κ2) is 7.37. The molecule has 0 aromatic heterocycles. The Morgan fingerprint density at radius 3 is 2.50 bits per heavy atom. The van der Waals surface area contributed by atoms with Crippen LogP contribution in [-0.2, 0) is 23.0 Å². The third-order valence-electron chi connectivity index (χ3n) is 5.43. The van der Waals surface area contributed by atoms with Crippen LogP contribution in [0, 0.1) is 0 Å². The lowest BCUT2D eigenvalue weighted by Crippen LogP contribution is -2.44. The van der Waals surface area contributed by atoms with Gasteiger partial charge in [-0.1, -0.05) is 48.0 Å². The molecule has 150 valence electrons. The van der Waals surface area contributed by atoms with Crippen molar-refractivity contribution in [3.05, 3.63) is 64.7 Å². The first-order valence-corrected chi connectivity index (χ1v) is 11.0. The van der Waals surface area contributed by atoms with Crippen molar-refractivity contribution in [1.29, 1.82) is 0 Å². The summed E-state index contributed by atoms with van der Waals surface area (Å²) in [5.41, 5.74) is 2.43. The predicted molar refractivity (Wildman–Crippen MR) is 104 cm³/mol. The molecule has 0 amide bonds. The van der Waals surface area contributed by atoms with Gasteiger partial charge in [0.2, 0.25) is 10.0 Å². The maximum atomic E-state index is 14.2. The van der Waals surface area contributed by atoms with Gasteiger partial charge in [-0.05, 0) is 29.7 Å². The lowest BCUT2D eigenvalue weighted by molar-refractivity contribution is 0.0165. The Morgan fingerprint density at radius 2 is 1.75 bits per heavy atom. The van der Waals surface area contributed by atoms with Crippen molar-refractivity contribution in [3.63, 3.8) is 0 Å². The number of rotatable bonds is 4. The number of benzene rings is 2. The van der Waals surface area contributed by atoms with Gasteiger partial charge in [0.25, 0.3) is 5.92 Å². The van der Waals surface area contributed by atoms with Crippen molar-refractivity contribution in [2.24, 2.45) is 0 Å². The fourth-order valence-corrected chi connectivity index (χ4v) is 6.23. The first kappa shape index (κ1) is 19.8. The lowest BCUT2D eigenvalue weighted by atomic mass is 9.99. The first-order valence-electron chi connectivity index (χ1n) is 9.20. The van der Waals surface area contributed by atoms with Crippen LogP contribution >= 0.6 is 11.6 Å². The SMILES string of the molecule is O=S(=O)(c1ccccc1Cl)N1CC(F)(F)C[C@H]1CN1CCc2ccccc2C1. The van der Waals surface area contributed by atoms with E-state index in [2.05, 4.69) is 11.0 Å². The van der Waals surface area contributed by atoms with Gasteiger partial charge in [0.15, 0.2) is 0 Å². The third kappa shape index (κ3) is 3.81. The Labute approximate surface area is 168 Å². The van der Waals surface area contributed by atoms with Gasteiger partial charge >= 0.3 is 0 Å². The topological polar surface area (TPSA) is 40.6 Å². The molecule has 28 heavy (non-hydrogen) atoms. The summed E-state index contributed by atoms with van der Waals surface area (Å²) in [6, 6.07) is 13.2. The molecule has 1 fully saturated rings. The largest absolute Gasteiger partial charge is 0.297 e. The van der Waals surface area contributed by atoms with E-state index in [1.807, 2.05) is 18.2 Å². The quantitative estimate of drug-likeness (QED) is 0.746. The molecule has 0 saturated carbocycles. The molecule has 4 nitrogen and oxygen atoms in total. The number of hydrogen-bond acceptors (Lipinski definition) is 3. The van der Waals surface area contributed by atoms with E-state index in [1.165, 1.54) is 23.3 Å². The Hall–Kier alpha value is -1.54.